The van der Waals surface area contributed by atoms with Gasteiger partial charge >= 0.3 is 5.97 Å². The molecule has 0 radical (unpaired) electrons. The highest BCUT2D eigenvalue weighted by Crippen LogP contribution is 2.12. The van der Waals surface area contributed by atoms with E-state index in [-0.39, 0.29) is 50.8 Å². The van der Waals surface area contributed by atoms with Gasteiger partial charge in [0.25, 0.3) is 0 Å². The van der Waals surface area contributed by atoms with Crippen LogP contribution in [0.1, 0.15) is 77.7 Å². The molecule has 22 nitrogen and oxygen atoms in total. The number of carbonyl (C=O) groups is 10. The third kappa shape index (κ3) is 20.2. The van der Waals surface area contributed by atoms with Crippen LogP contribution in [0.4, 0.5) is 0 Å². The van der Waals surface area contributed by atoms with Crippen molar-refractivity contribution in [2.75, 3.05) is 18.8 Å². The molecule has 23 heteroatoms. The Kier molecular flexibility index (Phi) is 25.1. The average Bonchev–Trinajstić information content (AvgIpc) is 3.23. The van der Waals surface area contributed by atoms with Crippen molar-refractivity contribution in [3.63, 3.8) is 0 Å². The summed E-state index contributed by atoms with van der Waals surface area (Å²) in [5.74, 6) is -9.37. The summed E-state index contributed by atoms with van der Waals surface area (Å²) in [4.78, 5) is 128. The fourth-order valence-corrected chi connectivity index (χ4v) is 6.06. The number of rotatable bonds is 30. The van der Waals surface area contributed by atoms with Crippen molar-refractivity contribution in [2.24, 2.45) is 28.9 Å². The average molecular weight is 894 g/mol. The minimum atomic E-state index is -1.43. The normalized spacial score (nSPS) is 14.7. The number of hydrogen-bond acceptors (Lipinski definition) is 13. The molecule has 0 aliphatic rings. The van der Waals surface area contributed by atoms with E-state index in [9.17, 15) is 53.1 Å². The van der Waals surface area contributed by atoms with E-state index in [0.717, 1.165) is 0 Å². The minimum Gasteiger partial charge on any atom is -0.480 e. The number of carboxylic acid groups (broad SMARTS) is 1. The van der Waals surface area contributed by atoms with E-state index in [2.05, 4.69) is 49.8 Å². The van der Waals surface area contributed by atoms with E-state index in [1.807, 2.05) is 0 Å². The Morgan fingerprint density at radius 3 is 1.60 bits per heavy atom. The van der Waals surface area contributed by atoms with Gasteiger partial charge in [-0.25, -0.2) is 4.79 Å². The van der Waals surface area contributed by atoms with Crippen LogP contribution in [0.15, 0.2) is 30.3 Å². The highest BCUT2D eigenvalue weighted by Gasteiger charge is 2.35. The lowest BCUT2D eigenvalue weighted by Gasteiger charge is -2.29. The van der Waals surface area contributed by atoms with E-state index in [0.29, 0.717) is 24.8 Å². The number of aliphatic carboxylic acids is 1. The number of nitrogens with two attached hydrogens (primary N) is 4. The molecule has 0 aromatic heterocycles. The highest BCUT2D eigenvalue weighted by molar-refractivity contribution is 7.80. The molecule has 9 amide bonds. The van der Waals surface area contributed by atoms with E-state index in [1.54, 1.807) is 44.2 Å². The molecule has 0 fully saturated rings. The number of amides is 9. The molecular weight excluding hydrogens is 831 g/mol. The van der Waals surface area contributed by atoms with Gasteiger partial charge in [0.1, 0.15) is 42.3 Å². The molecule has 0 saturated heterocycles. The number of unbranched alkanes of at least 4 members (excludes halogenated alkanes) is 1. The number of carbonyl (C=O) groups excluding carboxylic acids is 9. The summed E-state index contributed by atoms with van der Waals surface area (Å²) in [6, 6.07) is -0.709. The molecule has 1 rings (SSSR count). The van der Waals surface area contributed by atoms with Crippen molar-refractivity contribution in [3.05, 3.63) is 35.9 Å². The zero-order valence-corrected chi connectivity index (χ0v) is 36.2. The van der Waals surface area contributed by atoms with Gasteiger partial charge in [0.2, 0.25) is 53.2 Å². The van der Waals surface area contributed by atoms with Crippen molar-refractivity contribution in [1.82, 2.24) is 37.2 Å². The fourth-order valence-electron chi connectivity index (χ4n) is 5.81. The van der Waals surface area contributed by atoms with Crippen molar-refractivity contribution in [1.29, 1.82) is 0 Å². The predicted molar refractivity (Wildman–Crippen MR) is 229 cm³/mol. The first-order valence-electron chi connectivity index (χ1n) is 20.2. The Bertz CT molecular complexity index is 1710. The molecule has 346 valence electrons. The standard InChI is InChI=1S/C39H63N11O11S/c1-4-21(2)32(50-36(57)25(13-15-29(42)51)45-31(53)19-41)38(59)47-24(12-8-9-17-40)34(55)48-27(18-23-10-6-5-7-11-23)37(58)44-22(3)33(54)46-26(14-16-30(43)52)35(56)49-28(20-62)39(60)61/h5-7,10-11,21-22,24-28,32,62H,4,8-9,12-20,40-41H2,1-3H3,(H2,42,51)(H2,43,52)(H,44,58)(H,45,53)(H,46,54)(H,47,59)(H,48,55)(H,49,56)(H,50,57)(H,60,61)/t21-,22-,24-,25-,26-,27-,28-,32-/m0/s1. The molecule has 16 N–H and O–H groups in total. The second-order valence-corrected chi connectivity index (χ2v) is 15.0. The zero-order chi connectivity index (χ0) is 46.9. The Morgan fingerprint density at radius 1 is 0.613 bits per heavy atom. The topological polar surface area (TPSA) is 379 Å². The van der Waals surface area contributed by atoms with Crippen LogP contribution in [0.5, 0.6) is 0 Å². The number of primary amides is 2. The Morgan fingerprint density at radius 2 is 1.10 bits per heavy atom. The van der Waals surface area contributed by atoms with Crippen LogP contribution in [0.3, 0.4) is 0 Å². The number of nitrogens with one attached hydrogen (secondary N) is 7. The molecule has 0 bridgehead atoms. The van der Waals surface area contributed by atoms with Gasteiger partial charge in [-0.05, 0) is 57.1 Å². The van der Waals surface area contributed by atoms with Crippen molar-refractivity contribution in [3.8, 4) is 0 Å². The SMILES string of the molecule is CC[C@H](C)[C@H](NC(=O)[C@H](CCC(N)=O)NC(=O)CN)C(=O)N[C@@H](CCCCN)C(=O)N[C@@H](Cc1ccccc1)C(=O)N[C@@H](C)C(=O)N[C@@H](CCC(N)=O)C(=O)N[C@@H](CS)C(=O)O. The summed E-state index contributed by atoms with van der Waals surface area (Å²) in [7, 11) is 0. The van der Waals surface area contributed by atoms with E-state index in [1.165, 1.54) is 6.92 Å². The monoisotopic (exact) mass is 893 g/mol. The van der Waals surface area contributed by atoms with Crippen molar-refractivity contribution < 1.29 is 53.1 Å². The first-order chi connectivity index (χ1) is 29.3. The third-order valence-corrected chi connectivity index (χ3v) is 10.0. The van der Waals surface area contributed by atoms with Crippen LogP contribution in [0, 0.1) is 5.92 Å². The molecule has 0 spiro atoms. The van der Waals surface area contributed by atoms with Crippen LogP contribution in [0.25, 0.3) is 0 Å². The summed E-state index contributed by atoms with van der Waals surface area (Å²) in [6.07, 6.45) is 0.148. The van der Waals surface area contributed by atoms with Gasteiger partial charge < -0.3 is 65.3 Å². The minimum absolute atomic E-state index is 0.0624. The largest absolute Gasteiger partial charge is 0.480 e. The Labute approximate surface area is 365 Å². The van der Waals surface area contributed by atoms with Gasteiger partial charge in [-0.15, -0.1) is 0 Å². The number of hydrogen-bond donors (Lipinski definition) is 13. The van der Waals surface area contributed by atoms with Gasteiger partial charge in [0.05, 0.1) is 6.54 Å². The van der Waals surface area contributed by atoms with Crippen molar-refractivity contribution in [2.45, 2.75) is 121 Å². The summed E-state index contributed by atoms with van der Waals surface area (Å²) < 4.78 is 0. The van der Waals surface area contributed by atoms with Gasteiger partial charge in [-0.1, -0.05) is 50.6 Å². The smallest absolute Gasteiger partial charge is 0.327 e. The lowest BCUT2D eigenvalue weighted by Crippen LogP contribution is -2.60. The van der Waals surface area contributed by atoms with Crippen LogP contribution in [-0.4, -0.2) is 125 Å². The molecule has 0 aliphatic heterocycles. The van der Waals surface area contributed by atoms with Gasteiger partial charge in [0.15, 0.2) is 0 Å². The van der Waals surface area contributed by atoms with Gasteiger partial charge in [-0.3, -0.25) is 43.2 Å². The summed E-state index contributed by atoms with van der Waals surface area (Å²) in [5.41, 5.74) is 22.2. The molecule has 8 atom stereocenters. The molecular formula is C39H63N11O11S. The number of benzene rings is 1. The number of carboxylic acids is 1. The third-order valence-electron chi connectivity index (χ3n) is 9.67. The second-order valence-electron chi connectivity index (χ2n) is 14.7. The molecule has 0 heterocycles. The summed E-state index contributed by atoms with van der Waals surface area (Å²) in [5, 5.41) is 26.9. The summed E-state index contributed by atoms with van der Waals surface area (Å²) >= 11 is 3.91. The van der Waals surface area contributed by atoms with Gasteiger partial charge in [-0.2, -0.15) is 12.6 Å². The maximum absolute atomic E-state index is 14.1. The second kappa shape index (κ2) is 28.7. The molecule has 0 aliphatic carbocycles. The molecule has 0 unspecified atom stereocenters. The zero-order valence-electron chi connectivity index (χ0n) is 35.3. The lowest BCUT2D eigenvalue weighted by molar-refractivity contribution is -0.141. The van der Waals surface area contributed by atoms with Crippen molar-refractivity contribution >= 4 is 71.8 Å². The van der Waals surface area contributed by atoms with Crippen LogP contribution < -0.4 is 60.2 Å². The van der Waals surface area contributed by atoms with Gasteiger partial charge in [0, 0.05) is 25.0 Å². The van der Waals surface area contributed by atoms with E-state index < -0.39 is 114 Å². The van der Waals surface area contributed by atoms with E-state index >= 15 is 0 Å². The fraction of sp³-hybridized carbons (Fsp3) is 0.590. The van der Waals surface area contributed by atoms with E-state index in [4.69, 9.17) is 22.9 Å². The summed E-state index contributed by atoms with van der Waals surface area (Å²) in [6.45, 7) is 4.57. The van der Waals surface area contributed by atoms with Crippen LogP contribution in [-0.2, 0) is 54.4 Å². The first kappa shape index (κ1) is 54.2. The molecule has 1 aromatic rings. The quantitative estimate of drug-likeness (QED) is 0.0262. The molecule has 62 heavy (non-hydrogen) atoms. The predicted octanol–water partition coefficient (Wildman–Crippen LogP) is -3.68. The first-order valence-corrected chi connectivity index (χ1v) is 20.9. The lowest BCUT2D eigenvalue weighted by atomic mass is 9.96. The highest BCUT2D eigenvalue weighted by atomic mass is 32.1. The maximum atomic E-state index is 14.1. The van der Waals surface area contributed by atoms with Crippen LogP contribution >= 0.6 is 12.6 Å². The maximum Gasteiger partial charge on any atom is 0.327 e. The molecule has 0 saturated carbocycles. The number of thiol groups is 1. The Balaban J connectivity index is 3.40. The molecule has 1 aromatic carbocycles. The Hall–Kier alpha value is -5.81. The van der Waals surface area contributed by atoms with Crippen LogP contribution in [0.2, 0.25) is 0 Å².